The highest BCUT2D eigenvalue weighted by Crippen LogP contribution is 2.59. The lowest BCUT2D eigenvalue weighted by Gasteiger charge is -2.44. The van der Waals surface area contributed by atoms with Crippen molar-refractivity contribution in [3.05, 3.63) is 35.5 Å². The SMILES string of the molecule is C=C1C(=CC=C2CCCC3(C)C2CCC3C(C)CCO)CC(O)CC1O. The van der Waals surface area contributed by atoms with Gasteiger partial charge in [-0.25, -0.2) is 0 Å². The molecule has 6 atom stereocenters. The molecule has 3 rings (SSSR count). The van der Waals surface area contributed by atoms with E-state index < -0.39 is 12.2 Å². The van der Waals surface area contributed by atoms with Crippen LogP contribution in [0.3, 0.4) is 0 Å². The summed E-state index contributed by atoms with van der Waals surface area (Å²) in [6.45, 7) is 9.10. The van der Waals surface area contributed by atoms with Crippen molar-refractivity contribution < 1.29 is 15.3 Å². The molecule has 0 bridgehead atoms. The van der Waals surface area contributed by atoms with Crippen molar-refractivity contribution in [2.75, 3.05) is 6.61 Å². The van der Waals surface area contributed by atoms with Gasteiger partial charge in [0, 0.05) is 13.0 Å². The third-order valence-electron chi connectivity index (χ3n) is 7.57. The highest BCUT2D eigenvalue weighted by Gasteiger charge is 2.50. The zero-order chi connectivity index (χ0) is 18.9. The van der Waals surface area contributed by atoms with E-state index in [0.717, 1.165) is 24.0 Å². The predicted molar refractivity (Wildman–Crippen MR) is 106 cm³/mol. The van der Waals surface area contributed by atoms with Gasteiger partial charge < -0.3 is 15.3 Å². The molecule has 3 heteroatoms. The van der Waals surface area contributed by atoms with Crippen molar-refractivity contribution in [1.82, 2.24) is 0 Å². The van der Waals surface area contributed by atoms with Crippen LogP contribution in [0.25, 0.3) is 0 Å². The Morgan fingerprint density at radius 1 is 1.27 bits per heavy atom. The Balaban J connectivity index is 1.80. The summed E-state index contributed by atoms with van der Waals surface area (Å²) in [5.74, 6) is 1.91. The molecule has 0 heterocycles. The minimum absolute atomic E-state index is 0.292. The first-order chi connectivity index (χ1) is 12.4. The predicted octanol–water partition coefficient (Wildman–Crippen LogP) is 4.15. The van der Waals surface area contributed by atoms with E-state index in [-0.39, 0.29) is 0 Å². The van der Waals surface area contributed by atoms with Crippen molar-refractivity contribution >= 4 is 0 Å². The molecule has 3 N–H and O–H groups in total. The van der Waals surface area contributed by atoms with Crippen molar-refractivity contribution in [3.63, 3.8) is 0 Å². The first kappa shape index (κ1) is 19.9. The van der Waals surface area contributed by atoms with E-state index in [0.29, 0.717) is 42.6 Å². The van der Waals surface area contributed by atoms with Crippen LogP contribution in [0.15, 0.2) is 35.5 Å². The zero-order valence-corrected chi connectivity index (χ0v) is 16.5. The summed E-state index contributed by atoms with van der Waals surface area (Å²) < 4.78 is 0. The highest BCUT2D eigenvalue weighted by molar-refractivity contribution is 5.38. The standard InChI is InChI=1S/C23H36O3/c1-15(10-12-24)20-8-9-21-17(5-4-11-23(20,21)3)6-7-18-13-19(25)14-22(26)16(18)2/h6-7,15,19-22,24-26H,2,4-5,8-14H2,1,3H3. The maximum Gasteiger partial charge on any atom is 0.0811 e. The number of aliphatic hydroxyl groups is 3. The normalized spacial score (nSPS) is 42.3. The van der Waals surface area contributed by atoms with Gasteiger partial charge in [-0.05, 0) is 79.3 Å². The fraction of sp³-hybridized carbons (Fsp3) is 0.739. The number of hydrogen-bond donors (Lipinski definition) is 3. The summed E-state index contributed by atoms with van der Waals surface area (Å²) in [7, 11) is 0. The number of hydrogen-bond acceptors (Lipinski definition) is 3. The van der Waals surface area contributed by atoms with Gasteiger partial charge in [0.2, 0.25) is 0 Å². The molecule has 0 saturated heterocycles. The molecule has 3 nitrogen and oxygen atoms in total. The Morgan fingerprint density at radius 2 is 2.04 bits per heavy atom. The molecule has 6 unspecified atom stereocenters. The fourth-order valence-corrected chi connectivity index (χ4v) is 6.08. The zero-order valence-electron chi connectivity index (χ0n) is 16.5. The largest absolute Gasteiger partial charge is 0.396 e. The molecule has 0 spiro atoms. The van der Waals surface area contributed by atoms with Crippen LogP contribution in [-0.2, 0) is 0 Å². The van der Waals surface area contributed by atoms with Crippen molar-refractivity contribution in [2.45, 2.75) is 77.4 Å². The van der Waals surface area contributed by atoms with E-state index >= 15 is 0 Å². The quantitative estimate of drug-likeness (QED) is 0.706. The Labute approximate surface area is 158 Å². The van der Waals surface area contributed by atoms with Crippen LogP contribution in [0.5, 0.6) is 0 Å². The average Bonchev–Trinajstić information content (AvgIpc) is 2.94. The molecule has 0 radical (unpaired) electrons. The molecular weight excluding hydrogens is 324 g/mol. The molecular formula is C23H36O3. The van der Waals surface area contributed by atoms with Crippen molar-refractivity contribution in [2.24, 2.45) is 23.2 Å². The Morgan fingerprint density at radius 3 is 2.77 bits per heavy atom. The van der Waals surface area contributed by atoms with Gasteiger partial charge in [-0.2, -0.15) is 0 Å². The lowest BCUT2D eigenvalue weighted by molar-refractivity contribution is 0.0849. The highest BCUT2D eigenvalue weighted by atomic mass is 16.3. The molecule has 0 aromatic carbocycles. The van der Waals surface area contributed by atoms with E-state index in [1.807, 2.05) is 0 Å². The van der Waals surface area contributed by atoms with Crippen LogP contribution in [0, 0.1) is 23.2 Å². The Hall–Kier alpha value is -0.900. The topological polar surface area (TPSA) is 60.7 Å². The average molecular weight is 361 g/mol. The first-order valence-corrected chi connectivity index (χ1v) is 10.4. The van der Waals surface area contributed by atoms with E-state index in [9.17, 15) is 15.3 Å². The summed E-state index contributed by atoms with van der Waals surface area (Å²) in [4.78, 5) is 0. The van der Waals surface area contributed by atoms with Crippen molar-refractivity contribution in [1.29, 1.82) is 0 Å². The van der Waals surface area contributed by atoms with Crippen LogP contribution in [0.2, 0.25) is 0 Å². The maximum atomic E-state index is 10.1. The molecule has 0 amide bonds. The van der Waals surface area contributed by atoms with Gasteiger partial charge in [0.15, 0.2) is 0 Å². The van der Waals surface area contributed by atoms with E-state index in [4.69, 9.17) is 0 Å². The molecule has 146 valence electrons. The van der Waals surface area contributed by atoms with Crippen LogP contribution >= 0.6 is 0 Å². The molecule has 0 aromatic rings. The number of aliphatic hydroxyl groups excluding tert-OH is 3. The van der Waals surface area contributed by atoms with Gasteiger partial charge in [0.25, 0.3) is 0 Å². The van der Waals surface area contributed by atoms with Crippen LogP contribution in [0.4, 0.5) is 0 Å². The monoisotopic (exact) mass is 360 g/mol. The number of rotatable bonds is 4. The summed E-state index contributed by atoms with van der Waals surface area (Å²) in [6.07, 6.45) is 11.4. The molecule has 0 aromatic heterocycles. The molecule has 0 aliphatic heterocycles. The lowest BCUT2D eigenvalue weighted by Crippen LogP contribution is -2.36. The van der Waals surface area contributed by atoms with Gasteiger partial charge in [0.1, 0.15) is 0 Å². The smallest absolute Gasteiger partial charge is 0.0811 e. The molecule has 3 aliphatic rings. The summed E-state index contributed by atoms with van der Waals surface area (Å²) in [5, 5.41) is 29.4. The molecule has 3 aliphatic carbocycles. The Kier molecular flexibility index (Phi) is 6.11. The molecule has 26 heavy (non-hydrogen) atoms. The van der Waals surface area contributed by atoms with Gasteiger partial charge in [-0.15, -0.1) is 0 Å². The lowest BCUT2D eigenvalue weighted by atomic mass is 9.61. The molecule has 3 fully saturated rings. The van der Waals surface area contributed by atoms with Crippen molar-refractivity contribution in [3.8, 4) is 0 Å². The summed E-state index contributed by atoms with van der Waals surface area (Å²) in [6, 6.07) is 0. The molecule has 3 saturated carbocycles. The third kappa shape index (κ3) is 3.72. The van der Waals surface area contributed by atoms with Gasteiger partial charge in [-0.1, -0.05) is 38.2 Å². The second kappa shape index (κ2) is 8.00. The van der Waals surface area contributed by atoms with E-state index in [1.165, 1.54) is 31.3 Å². The van der Waals surface area contributed by atoms with Crippen LogP contribution in [0.1, 0.15) is 65.2 Å². The minimum atomic E-state index is -0.616. The van der Waals surface area contributed by atoms with Crippen LogP contribution < -0.4 is 0 Å². The van der Waals surface area contributed by atoms with E-state index in [2.05, 4.69) is 32.6 Å². The minimum Gasteiger partial charge on any atom is -0.396 e. The Bertz CT molecular complexity index is 590. The summed E-state index contributed by atoms with van der Waals surface area (Å²) in [5.41, 5.74) is 3.65. The van der Waals surface area contributed by atoms with Gasteiger partial charge in [0.05, 0.1) is 12.2 Å². The van der Waals surface area contributed by atoms with Gasteiger partial charge in [-0.3, -0.25) is 0 Å². The first-order valence-electron chi connectivity index (χ1n) is 10.4. The third-order valence-corrected chi connectivity index (χ3v) is 7.57. The van der Waals surface area contributed by atoms with E-state index in [1.54, 1.807) is 0 Å². The van der Waals surface area contributed by atoms with Crippen LogP contribution in [-0.4, -0.2) is 34.1 Å². The second-order valence-electron chi connectivity index (χ2n) is 9.15. The maximum absolute atomic E-state index is 10.1. The number of fused-ring (bicyclic) bond motifs is 1. The van der Waals surface area contributed by atoms with Gasteiger partial charge >= 0.3 is 0 Å². The summed E-state index contributed by atoms with van der Waals surface area (Å²) >= 11 is 0. The second-order valence-corrected chi connectivity index (χ2v) is 9.15. The number of allylic oxidation sites excluding steroid dienone is 3. The fourth-order valence-electron chi connectivity index (χ4n) is 6.08.